The van der Waals surface area contributed by atoms with Gasteiger partial charge in [0.2, 0.25) is 0 Å². The van der Waals surface area contributed by atoms with Crippen LogP contribution in [0.15, 0.2) is 18.2 Å². The smallest absolute Gasteiger partial charge is 0.338 e. The van der Waals surface area contributed by atoms with Gasteiger partial charge in [-0.2, -0.15) is 0 Å². The molecule has 0 unspecified atom stereocenters. The van der Waals surface area contributed by atoms with Gasteiger partial charge >= 0.3 is 5.97 Å². The maximum absolute atomic E-state index is 11.5. The summed E-state index contributed by atoms with van der Waals surface area (Å²) in [7, 11) is 0. The highest BCUT2D eigenvalue weighted by atomic mass is 127. The molecular weight excluding hydrogens is 326 g/mol. The summed E-state index contributed by atoms with van der Waals surface area (Å²) in [5.41, 5.74) is 0.511. The molecule has 15 heavy (non-hydrogen) atoms. The van der Waals surface area contributed by atoms with Gasteiger partial charge < -0.3 is 4.74 Å². The molecule has 0 heterocycles. The Morgan fingerprint density at radius 1 is 1.53 bits per heavy atom. The average Bonchev–Trinajstić information content (AvgIpc) is 2.22. The van der Waals surface area contributed by atoms with Crippen molar-refractivity contribution in [3.05, 3.63) is 32.4 Å². The van der Waals surface area contributed by atoms with Crippen LogP contribution in [0, 0.1) is 3.57 Å². The van der Waals surface area contributed by atoms with E-state index in [-0.39, 0.29) is 5.97 Å². The number of benzene rings is 1. The van der Waals surface area contributed by atoms with Crippen LogP contribution in [0.4, 0.5) is 0 Å². The lowest BCUT2D eigenvalue weighted by molar-refractivity contribution is 0.0499. The molecule has 0 aliphatic rings. The van der Waals surface area contributed by atoms with Gasteiger partial charge in [-0.15, -0.1) is 0 Å². The van der Waals surface area contributed by atoms with Crippen molar-refractivity contribution in [3.63, 3.8) is 0 Å². The quantitative estimate of drug-likeness (QED) is 0.473. The van der Waals surface area contributed by atoms with Crippen LogP contribution in [0.2, 0.25) is 5.02 Å². The summed E-state index contributed by atoms with van der Waals surface area (Å²) in [4.78, 5) is 11.5. The zero-order valence-corrected chi connectivity index (χ0v) is 11.3. The molecule has 0 saturated carbocycles. The van der Waals surface area contributed by atoms with E-state index in [9.17, 15) is 4.79 Å². The van der Waals surface area contributed by atoms with Crippen LogP contribution in [-0.2, 0) is 4.74 Å². The molecule has 0 amide bonds. The fraction of sp³-hybridized carbons (Fsp3) is 0.364. The van der Waals surface area contributed by atoms with Crippen molar-refractivity contribution in [2.75, 3.05) is 6.61 Å². The van der Waals surface area contributed by atoms with Gasteiger partial charge in [-0.25, -0.2) is 4.79 Å². The predicted molar refractivity (Wildman–Crippen MR) is 69.4 cm³/mol. The number of rotatable bonds is 4. The Hall–Kier alpha value is -0.290. The summed E-state index contributed by atoms with van der Waals surface area (Å²) in [6.07, 6.45) is 1.91. The molecule has 0 N–H and O–H groups in total. The molecule has 0 aliphatic carbocycles. The fourth-order valence-electron chi connectivity index (χ4n) is 1.02. The van der Waals surface area contributed by atoms with Crippen molar-refractivity contribution in [1.29, 1.82) is 0 Å². The number of unbranched alkanes of at least 4 members (excludes halogenated alkanes) is 1. The number of ether oxygens (including phenoxy) is 1. The van der Waals surface area contributed by atoms with Crippen LogP contribution < -0.4 is 0 Å². The number of halogens is 2. The lowest BCUT2D eigenvalue weighted by atomic mass is 10.2. The number of hydrogen-bond donors (Lipinski definition) is 0. The Kier molecular flexibility index (Phi) is 5.39. The molecule has 0 saturated heterocycles. The molecule has 2 nitrogen and oxygen atoms in total. The highest BCUT2D eigenvalue weighted by Gasteiger charge is 2.08. The molecule has 0 aliphatic heterocycles. The lowest BCUT2D eigenvalue weighted by Gasteiger charge is -2.04. The summed E-state index contributed by atoms with van der Waals surface area (Å²) in [5, 5.41) is 0.584. The van der Waals surface area contributed by atoms with Crippen molar-refractivity contribution in [1.82, 2.24) is 0 Å². The second-order valence-corrected chi connectivity index (χ2v) is 4.69. The summed E-state index contributed by atoms with van der Waals surface area (Å²) < 4.78 is 5.99. The van der Waals surface area contributed by atoms with Gasteiger partial charge in [-0.05, 0) is 47.2 Å². The van der Waals surface area contributed by atoms with Crippen molar-refractivity contribution in [3.8, 4) is 0 Å². The fourth-order valence-corrected chi connectivity index (χ4v) is 1.53. The first kappa shape index (κ1) is 12.8. The largest absolute Gasteiger partial charge is 0.462 e. The number of carbonyl (C=O) groups excluding carboxylic acids is 1. The Labute approximate surface area is 108 Å². The Morgan fingerprint density at radius 2 is 2.27 bits per heavy atom. The molecule has 0 bridgehead atoms. The molecule has 1 aromatic rings. The second-order valence-electron chi connectivity index (χ2n) is 3.12. The standard InChI is InChI=1S/C11H12ClIO2/c1-2-3-6-15-11(14)8-4-5-10(13)9(12)7-8/h4-5,7H,2-3,6H2,1H3. The van der Waals surface area contributed by atoms with E-state index < -0.39 is 0 Å². The minimum atomic E-state index is -0.304. The highest BCUT2D eigenvalue weighted by Crippen LogP contribution is 2.19. The van der Waals surface area contributed by atoms with Gasteiger partial charge in [0.1, 0.15) is 0 Å². The first-order valence-electron chi connectivity index (χ1n) is 4.77. The zero-order chi connectivity index (χ0) is 11.3. The molecule has 4 heteroatoms. The third-order valence-electron chi connectivity index (χ3n) is 1.89. The maximum Gasteiger partial charge on any atom is 0.338 e. The van der Waals surface area contributed by atoms with Gasteiger partial charge in [0, 0.05) is 3.57 Å². The average molecular weight is 339 g/mol. The normalized spacial score (nSPS) is 10.1. The van der Waals surface area contributed by atoms with Crippen LogP contribution in [0.5, 0.6) is 0 Å². The van der Waals surface area contributed by atoms with E-state index in [0.717, 1.165) is 16.4 Å². The number of hydrogen-bond acceptors (Lipinski definition) is 2. The molecular formula is C11H12ClIO2. The molecule has 1 aromatic carbocycles. The Bertz CT molecular complexity index is 352. The van der Waals surface area contributed by atoms with E-state index >= 15 is 0 Å². The van der Waals surface area contributed by atoms with E-state index in [1.165, 1.54) is 0 Å². The van der Waals surface area contributed by atoms with Crippen molar-refractivity contribution >= 4 is 40.2 Å². The molecule has 0 fully saturated rings. The summed E-state index contributed by atoms with van der Waals surface area (Å²) in [6.45, 7) is 2.52. The Balaban J connectivity index is 2.62. The van der Waals surface area contributed by atoms with Gasteiger partial charge in [-0.3, -0.25) is 0 Å². The minimum Gasteiger partial charge on any atom is -0.462 e. The van der Waals surface area contributed by atoms with Gasteiger partial charge in [0.05, 0.1) is 17.2 Å². The minimum absolute atomic E-state index is 0.304. The number of esters is 1. The van der Waals surface area contributed by atoms with Gasteiger partial charge in [-0.1, -0.05) is 24.9 Å². The molecule has 82 valence electrons. The van der Waals surface area contributed by atoms with Crippen molar-refractivity contribution < 1.29 is 9.53 Å². The topological polar surface area (TPSA) is 26.3 Å². The second kappa shape index (κ2) is 6.33. The monoisotopic (exact) mass is 338 g/mol. The van der Waals surface area contributed by atoms with Crippen LogP contribution in [-0.4, -0.2) is 12.6 Å². The highest BCUT2D eigenvalue weighted by molar-refractivity contribution is 14.1. The van der Waals surface area contributed by atoms with Gasteiger partial charge in [0.25, 0.3) is 0 Å². The van der Waals surface area contributed by atoms with E-state index in [0.29, 0.717) is 17.2 Å². The van der Waals surface area contributed by atoms with Gasteiger partial charge in [0.15, 0.2) is 0 Å². The SMILES string of the molecule is CCCCOC(=O)c1ccc(I)c(Cl)c1. The van der Waals surface area contributed by atoms with Crippen LogP contribution >= 0.6 is 34.2 Å². The first-order chi connectivity index (χ1) is 7.15. The van der Waals surface area contributed by atoms with E-state index in [4.69, 9.17) is 16.3 Å². The van der Waals surface area contributed by atoms with Crippen molar-refractivity contribution in [2.24, 2.45) is 0 Å². The third kappa shape index (κ3) is 3.99. The third-order valence-corrected chi connectivity index (χ3v) is 3.46. The lowest BCUT2D eigenvalue weighted by Crippen LogP contribution is -2.06. The van der Waals surface area contributed by atoms with Crippen LogP contribution in [0.1, 0.15) is 30.1 Å². The molecule has 0 aromatic heterocycles. The summed E-state index contributed by atoms with van der Waals surface area (Å²) in [5.74, 6) is -0.304. The molecule has 0 atom stereocenters. The molecule has 0 radical (unpaired) electrons. The maximum atomic E-state index is 11.5. The summed E-state index contributed by atoms with van der Waals surface area (Å²) in [6, 6.07) is 5.17. The summed E-state index contributed by atoms with van der Waals surface area (Å²) >= 11 is 8.02. The Morgan fingerprint density at radius 3 is 2.87 bits per heavy atom. The van der Waals surface area contributed by atoms with E-state index in [1.54, 1.807) is 18.2 Å². The van der Waals surface area contributed by atoms with E-state index in [2.05, 4.69) is 29.5 Å². The van der Waals surface area contributed by atoms with Crippen LogP contribution in [0.3, 0.4) is 0 Å². The first-order valence-corrected chi connectivity index (χ1v) is 6.23. The zero-order valence-electron chi connectivity index (χ0n) is 8.43. The van der Waals surface area contributed by atoms with Crippen LogP contribution in [0.25, 0.3) is 0 Å². The van der Waals surface area contributed by atoms with E-state index in [1.807, 2.05) is 0 Å². The van der Waals surface area contributed by atoms with Crippen molar-refractivity contribution in [2.45, 2.75) is 19.8 Å². The molecule has 0 spiro atoms. The molecule has 1 rings (SSSR count). The number of carbonyl (C=O) groups is 1. The predicted octanol–water partition coefficient (Wildman–Crippen LogP) is 3.90.